The van der Waals surface area contributed by atoms with Gasteiger partial charge in [-0.25, -0.2) is 0 Å². The first-order valence-electron chi connectivity index (χ1n) is 50.0. The number of hydrogen-bond acceptors (Lipinski definition) is 8. The summed E-state index contributed by atoms with van der Waals surface area (Å²) < 4.78 is 42.3. The first kappa shape index (κ1) is 102. The Morgan fingerprint density at radius 3 is 0.441 bits per heavy atom. The first-order chi connectivity index (χ1) is 58.3. The van der Waals surface area contributed by atoms with Gasteiger partial charge in [-0.2, -0.15) is 0 Å². The summed E-state index contributed by atoms with van der Waals surface area (Å²) in [7, 11) is 0. The predicted octanol–water partition coefficient (Wildman–Crippen LogP) is 35.3. The topological polar surface area (TPSA) is 107 Å². The van der Waals surface area contributed by atoms with E-state index in [4.69, 9.17) is 39.9 Å². The molecule has 4 N–H and O–H groups in total. The van der Waals surface area contributed by atoms with Gasteiger partial charge in [-0.15, -0.1) is 0 Å². The van der Waals surface area contributed by atoms with Crippen molar-refractivity contribution in [2.75, 3.05) is 51.1 Å². The summed E-state index contributed by atoms with van der Waals surface area (Å²) in [6.45, 7) is 17.7. The number of benzene rings is 5. The number of anilines is 2. The molecular weight excluding hydrogens is 1450 g/mol. The van der Waals surface area contributed by atoms with Crippen LogP contribution in [0.3, 0.4) is 0 Å². The number of ether oxygens (including phenoxy) is 6. The van der Waals surface area contributed by atoms with Gasteiger partial charge >= 0.3 is 0 Å². The summed E-state index contributed by atoms with van der Waals surface area (Å²) >= 11 is 0. The molecule has 8 nitrogen and oxygen atoms in total. The fourth-order valence-corrected chi connectivity index (χ4v) is 15.9. The van der Waals surface area contributed by atoms with Crippen LogP contribution in [0, 0.1) is 0 Å². The molecule has 5 rings (SSSR count). The van der Waals surface area contributed by atoms with E-state index < -0.39 is 0 Å². The van der Waals surface area contributed by atoms with Gasteiger partial charge in [-0.3, -0.25) is 0 Å². The Bertz CT molecular complexity index is 3090. The van der Waals surface area contributed by atoms with E-state index in [1.54, 1.807) is 0 Å². The van der Waals surface area contributed by atoms with Gasteiger partial charge in [0.1, 0.15) is 34.5 Å². The molecule has 0 aliphatic heterocycles. The predicted molar refractivity (Wildman–Crippen MR) is 521 cm³/mol. The second-order valence-corrected chi connectivity index (χ2v) is 34.6. The van der Waals surface area contributed by atoms with Gasteiger partial charge in [-0.05, 0) is 110 Å². The zero-order valence-corrected chi connectivity index (χ0v) is 77.0. The molecule has 0 spiro atoms. The average Bonchev–Trinajstić information content (AvgIpc) is 0.813. The molecule has 0 saturated carbocycles. The molecule has 118 heavy (non-hydrogen) atoms. The third kappa shape index (κ3) is 50.6. The van der Waals surface area contributed by atoms with Crippen molar-refractivity contribution in [1.82, 2.24) is 0 Å². The lowest BCUT2D eigenvalue weighted by atomic mass is 10.0. The van der Waals surface area contributed by atoms with Crippen LogP contribution in [0.2, 0.25) is 0 Å². The van der Waals surface area contributed by atoms with E-state index in [0.29, 0.717) is 39.6 Å². The normalized spacial score (nSPS) is 11.8. The van der Waals surface area contributed by atoms with Crippen molar-refractivity contribution < 1.29 is 28.4 Å². The maximum Gasteiger partial charge on any atom is 0.127 e. The summed E-state index contributed by atoms with van der Waals surface area (Å²) in [6.07, 6.45) is 93.9. The van der Waals surface area contributed by atoms with Crippen molar-refractivity contribution in [1.29, 1.82) is 0 Å². The van der Waals surface area contributed by atoms with E-state index in [1.807, 2.05) is 24.3 Å². The fraction of sp³-hybridized carbons (Fsp3) is 0.655. The number of rotatable bonds is 80. The average molecular weight is 1620 g/mol. The van der Waals surface area contributed by atoms with E-state index in [-0.39, 0.29) is 0 Å². The van der Waals surface area contributed by atoms with Gasteiger partial charge in [0.2, 0.25) is 0 Å². The molecular formula is C110H176N2O6. The zero-order chi connectivity index (χ0) is 83.7. The van der Waals surface area contributed by atoms with Crippen LogP contribution in [-0.2, 0) is 0 Å². The molecule has 5 aromatic carbocycles. The Balaban J connectivity index is 1.64. The third-order valence-electron chi connectivity index (χ3n) is 23.6. The monoisotopic (exact) mass is 1620 g/mol. The Labute approximate surface area is 725 Å². The number of nitrogens with two attached hydrogens (primary N) is 2. The highest BCUT2D eigenvalue weighted by Gasteiger charge is 2.17. The lowest BCUT2D eigenvalue weighted by Gasteiger charge is -2.17. The van der Waals surface area contributed by atoms with Gasteiger partial charge in [0.15, 0.2) is 0 Å². The number of unbranched alkanes of at least 4 members (excludes halogenated alkanes) is 54. The maximum absolute atomic E-state index is 7.16. The van der Waals surface area contributed by atoms with Gasteiger partial charge in [0, 0.05) is 44.8 Å². The van der Waals surface area contributed by atoms with Gasteiger partial charge in [-0.1, -0.05) is 461 Å². The van der Waals surface area contributed by atoms with Crippen molar-refractivity contribution >= 4 is 60.0 Å². The van der Waals surface area contributed by atoms with Crippen molar-refractivity contribution in [3.05, 3.63) is 129 Å². The van der Waals surface area contributed by atoms with Crippen molar-refractivity contribution in [3.8, 4) is 34.5 Å². The molecule has 0 heterocycles. The molecule has 0 aliphatic carbocycles. The van der Waals surface area contributed by atoms with Crippen LogP contribution >= 0.6 is 0 Å². The van der Waals surface area contributed by atoms with Crippen molar-refractivity contribution in [2.45, 2.75) is 427 Å². The molecule has 5 aromatic rings. The standard InChI is InChI=1S/C110H176N2O6/c1-7-13-19-25-31-37-43-49-55-61-83-113-105-91-99(107(89-97(105)73-67-95-69-79-103(111)80-70-95)115-85-63-57-51-45-39-33-27-21-15-9-3)75-77-101-93-110(118-88-66-60-54-48-42-36-30-24-18-12-6)102(94-109(101)117-87-65-59-53-47-41-35-29-23-17-11-5)78-76-100-92-106(114-84-62-56-50-44-38-32-26-20-14-8-2)98(74-68-96-71-81-104(112)82-72-96)90-108(100)116-86-64-58-52-46-40-34-28-22-16-10-4/h67-82,89-94H,7-66,83-88,111-112H2,1-6H3/b73-67+,74-68+,77-75+,78-76+. The smallest absolute Gasteiger partial charge is 0.127 e. The second-order valence-electron chi connectivity index (χ2n) is 34.6. The minimum atomic E-state index is 0.626. The zero-order valence-electron chi connectivity index (χ0n) is 77.0. The SMILES string of the molecule is CCCCCCCCCCCCOc1cc(/C=C/c2cc(OCCCCCCCCCCCC)c(/C=C/c3cc(OCCCCCCCCCCCC)c(/C=C/c4ccc(N)cc4)cc3OCCCCCCCCCCCC)cc2OCCCCCCCCCCCC)c(OCCCCCCCCCCCC)cc1/C=C/c1ccc(N)cc1. The Kier molecular flexibility index (Phi) is 62.4. The highest BCUT2D eigenvalue weighted by atomic mass is 16.5. The van der Waals surface area contributed by atoms with Crippen LogP contribution in [0.5, 0.6) is 34.5 Å². The molecule has 0 aliphatic rings. The summed E-state index contributed by atoms with van der Waals surface area (Å²) in [5, 5.41) is 0. The highest BCUT2D eigenvalue weighted by molar-refractivity contribution is 5.84. The molecule has 0 bridgehead atoms. The minimum Gasteiger partial charge on any atom is -0.493 e. The quantitative estimate of drug-likeness (QED) is 0.0225. The van der Waals surface area contributed by atoms with Crippen LogP contribution < -0.4 is 39.9 Å². The lowest BCUT2D eigenvalue weighted by molar-refractivity contribution is 0.295. The van der Waals surface area contributed by atoms with E-state index in [2.05, 4.69) is 151 Å². The molecule has 0 unspecified atom stereocenters. The third-order valence-corrected chi connectivity index (χ3v) is 23.6. The van der Waals surface area contributed by atoms with E-state index in [9.17, 15) is 0 Å². The Morgan fingerprint density at radius 1 is 0.169 bits per heavy atom. The molecule has 662 valence electrons. The maximum atomic E-state index is 7.16. The van der Waals surface area contributed by atoms with Gasteiger partial charge in [0.25, 0.3) is 0 Å². The van der Waals surface area contributed by atoms with Gasteiger partial charge in [0.05, 0.1) is 39.6 Å². The molecule has 0 radical (unpaired) electrons. The second kappa shape index (κ2) is 72.1. The Morgan fingerprint density at radius 2 is 0.297 bits per heavy atom. The minimum absolute atomic E-state index is 0.626. The van der Waals surface area contributed by atoms with E-state index in [1.165, 1.54) is 308 Å². The lowest BCUT2D eigenvalue weighted by Crippen LogP contribution is -2.04. The summed E-state index contributed by atoms with van der Waals surface area (Å²) in [4.78, 5) is 0. The fourth-order valence-electron chi connectivity index (χ4n) is 15.9. The van der Waals surface area contributed by atoms with Crippen molar-refractivity contribution in [2.24, 2.45) is 0 Å². The molecule has 0 atom stereocenters. The van der Waals surface area contributed by atoms with Crippen LogP contribution in [0.4, 0.5) is 11.4 Å². The van der Waals surface area contributed by atoms with Gasteiger partial charge < -0.3 is 39.9 Å². The number of hydrogen-bond donors (Lipinski definition) is 2. The molecule has 0 fully saturated rings. The number of nitrogen functional groups attached to an aromatic ring is 2. The van der Waals surface area contributed by atoms with E-state index in [0.717, 1.165) is 167 Å². The molecule has 0 aromatic heterocycles. The molecule has 8 heteroatoms. The Hall–Kier alpha value is -6.54. The summed E-state index contributed by atoms with van der Waals surface area (Å²) in [5.74, 6) is 5.10. The van der Waals surface area contributed by atoms with Crippen LogP contribution in [-0.4, -0.2) is 39.6 Å². The largest absolute Gasteiger partial charge is 0.493 e. The van der Waals surface area contributed by atoms with Crippen LogP contribution in [0.1, 0.15) is 471 Å². The van der Waals surface area contributed by atoms with E-state index >= 15 is 0 Å². The first-order valence-corrected chi connectivity index (χ1v) is 50.0. The van der Waals surface area contributed by atoms with Crippen molar-refractivity contribution in [3.63, 3.8) is 0 Å². The highest BCUT2D eigenvalue weighted by Crippen LogP contribution is 2.39. The molecule has 0 amide bonds. The molecule has 0 saturated heterocycles. The van der Waals surface area contributed by atoms with Crippen LogP contribution in [0.25, 0.3) is 48.6 Å². The summed E-state index contributed by atoms with van der Waals surface area (Å²) in [6, 6.07) is 29.7. The summed E-state index contributed by atoms with van der Waals surface area (Å²) in [5.41, 5.74) is 22.0. The van der Waals surface area contributed by atoms with Crippen LogP contribution in [0.15, 0.2) is 84.9 Å².